The van der Waals surface area contributed by atoms with Crippen LogP contribution in [0.1, 0.15) is 11.1 Å². The smallest absolute Gasteiger partial charge is 0.271 e. The number of non-ortho nitro benzene ring substituents is 1. The molecule has 0 aliphatic heterocycles. The number of nitrogens with zero attached hydrogens (tertiary/aromatic N) is 3. The lowest BCUT2D eigenvalue weighted by molar-refractivity contribution is -0.384. The maximum Gasteiger partial charge on any atom is 0.271 e. The fraction of sp³-hybridized carbons (Fsp3) is 0.214. The van der Waals surface area contributed by atoms with Crippen molar-refractivity contribution in [1.29, 1.82) is 0 Å². The average Bonchev–Trinajstić information content (AvgIpc) is 2.38. The SMILES string of the molecule is Cc1cc([N+](=O)[O-])cc(Cl)c1N(C)Cc1cccnc1. The van der Waals surface area contributed by atoms with Crippen LogP contribution in [0.5, 0.6) is 0 Å². The zero-order valence-electron chi connectivity index (χ0n) is 11.2. The van der Waals surface area contributed by atoms with Crippen LogP contribution >= 0.6 is 11.6 Å². The summed E-state index contributed by atoms with van der Waals surface area (Å²) >= 11 is 6.18. The van der Waals surface area contributed by atoms with Crippen molar-refractivity contribution in [1.82, 2.24) is 4.98 Å². The summed E-state index contributed by atoms with van der Waals surface area (Å²) in [6.07, 6.45) is 3.50. The zero-order chi connectivity index (χ0) is 14.7. The van der Waals surface area contributed by atoms with Crippen LogP contribution in [0.4, 0.5) is 11.4 Å². The topological polar surface area (TPSA) is 59.3 Å². The number of anilines is 1. The van der Waals surface area contributed by atoms with Gasteiger partial charge in [-0.3, -0.25) is 15.1 Å². The van der Waals surface area contributed by atoms with Gasteiger partial charge in [-0.25, -0.2) is 0 Å². The maximum atomic E-state index is 10.8. The molecular weight excluding hydrogens is 278 g/mol. The molecule has 2 aromatic rings. The van der Waals surface area contributed by atoms with Gasteiger partial charge in [0.05, 0.1) is 15.6 Å². The number of aromatic nitrogens is 1. The van der Waals surface area contributed by atoms with E-state index in [4.69, 9.17) is 11.6 Å². The van der Waals surface area contributed by atoms with Crippen LogP contribution < -0.4 is 4.90 Å². The second kappa shape index (κ2) is 5.88. The Morgan fingerprint density at radius 3 is 2.75 bits per heavy atom. The van der Waals surface area contributed by atoms with Gasteiger partial charge in [0, 0.05) is 38.1 Å². The van der Waals surface area contributed by atoms with Gasteiger partial charge in [-0.15, -0.1) is 0 Å². The molecule has 20 heavy (non-hydrogen) atoms. The Kier molecular flexibility index (Phi) is 4.20. The fourth-order valence-corrected chi connectivity index (χ4v) is 2.56. The van der Waals surface area contributed by atoms with Gasteiger partial charge >= 0.3 is 0 Å². The van der Waals surface area contributed by atoms with E-state index < -0.39 is 4.92 Å². The molecule has 2 rings (SSSR count). The number of nitro groups is 1. The molecule has 0 aliphatic carbocycles. The average molecular weight is 292 g/mol. The third kappa shape index (κ3) is 3.05. The molecular formula is C14H14ClN3O2. The van der Waals surface area contributed by atoms with Crippen molar-refractivity contribution in [2.75, 3.05) is 11.9 Å². The summed E-state index contributed by atoms with van der Waals surface area (Å²) in [5, 5.41) is 11.2. The summed E-state index contributed by atoms with van der Waals surface area (Å²) in [5.74, 6) is 0. The van der Waals surface area contributed by atoms with Crippen molar-refractivity contribution >= 4 is 23.0 Å². The summed E-state index contributed by atoms with van der Waals surface area (Å²) in [7, 11) is 1.90. The number of nitro benzene ring substituents is 1. The molecule has 0 unspecified atom stereocenters. The summed E-state index contributed by atoms with van der Waals surface area (Å²) in [5.41, 5.74) is 2.62. The van der Waals surface area contributed by atoms with E-state index in [1.54, 1.807) is 12.4 Å². The lowest BCUT2D eigenvalue weighted by atomic mass is 10.1. The van der Waals surface area contributed by atoms with Gasteiger partial charge in [0.2, 0.25) is 0 Å². The highest BCUT2D eigenvalue weighted by molar-refractivity contribution is 6.33. The Morgan fingerprint density at radius 1 is 1.45 bits per heavy atom. The first-order chi connectivity index (χ1) is 9.49. The van der Waals surface area contributed by atoms with Crippen molar-refractivity contribution < 1.29 is 4.92 Å². The van der Waals surface area contributed by atoms with Crippen molar-refractivity contribution in [3.8, 4) is 0 Å². The Hall–Kier alpha value is -2.14. The highest BCUT2D eigenvalue weighted by Gasteiger charge is 2.16. The first-order valence-corrected chi connectivity index (χ1v) is 6.41. The minimum Gasteiger partial charge on any atom is -0.369 e. The molecule has 6 heteroatoms. The number of halogens is 1. The van der Waals surface area contributed by atoms with Gasteiger partial charge in [0.25, 0.3) is 5.69 Å². The van der Waals surface area contributed by atoms with Gasteiger partial charge in [0.15, 0.2) is 0 Å². The third-order valence-electron chi connectivity index (χ3n) is 2.97. The molecule has 0 atom stereocenters. The molecule has 0 spiro atoms. The van der Waals surface area contributed by atoms with Crippen molar-refractivity contribution in [3.63, 3.8) is 0 Å². The lowest BCUT2D eigenvalue weighted by Gasteiger charge is -2.22. The first-order valence-electron chi connectivity index (χ1n) is 6.03. The van der Waals surface area contributed by atoms with E-state index >= 15 is 0 Å². The summed E-state index contributed by atoms with van der Waals surface area (Å²) in [6, 6.07) is 6.75. The van der Waals surface area contributed by atoms with E-state index in [9.17, 15) is 10.1 Å². The van der Waals surface area contributed by atoms with Crippen LogP contribution in [-0.2, 0) is 6.54 Å². The molecule has 0 saturated carbocycles. The summed E-state index contributed by atoms with van der Waals surface area (Å²) < 4.78 is 0. The Bertz CT molecular complexity index is 609. The summed E-state index contributed by atoms with van der Waals surface area (Å²) in [6.45, 7) is 2.44. The van der Waals surface area contributed by atoms with Crippen LogP contribution in [0.2, 0.25) is 5.02 Å². The number of hydrogen-bond acceptors (Lipinski definition) is 4. The molecule has 5 nitrogen and oxygen atoms in total. The van der Waals surface area contributed by atoms with E-state index in [1.165, 1.54) is 12.1 Å². The third-order valence-corrected chi connectivity index (χ3v) is 3.26. The monoisotopic (exact) mass is 291 g/mol. The Morgan fingerprint density at radius 2 is 2.20 bits per heavy atom. The van der Waals surface area contributed by atoms with Crippen LogP contribution in [0, 0.1) is 17.0 Å². The molecule has 0 radical (unpaired) electrons. The molecule has 104 valence electrons. The molecule has 1 aromatic heterocycles. The van der Waals surface area contributed by atoms with Crippen molar-refractivity contribution in [3.05, 3.63) is 62.9 Å². The Balaban J connectivity index is 2.30. The highest BCUT2D eigenvalue weighted by atomic mass is 35.5. The van der Waals surface area contributed by atoms with Gasteiger partial charge < -0.3 is 4.90 Å². The number of aryl methyl sites for hydroxylation is 1. The minimum absolute atomic E-state index is 0.00558. The van der Waals surface area contributed by atoms with Crippen molar-refractivity contribution in [2.24, 2.45) is 0 Å². The molecule has 1 aromatic carbocycles. The number of benzene rings is 1. The number of rotatable bonds is 4. The van der Waals surface area contributed by atoms with Crippen molar-refractivity contribution in [2.45, 2.75) is 13.5 Å². The second-order valence-electron chi connectivity index (χ2n) is 4.57. The van der Waals surface area contributed by atoms with Crippen LogP contribution in [-0.4, -0.2) is 17.0 Å². The van der Waals surface area contributed by atoms with Crippen LogP contribution in [0.3, 0.4) is 0 Å². The Labute approximate surface area is 122 Å². The predicted octanol–water partition coefficient (Wildman–Crippen LogP) is 3.59. The summed E-state index contributed by atoms with van der Waals surface area (Å²) in [4.78, 5) is 16.4. The second-order valence-corrected chi connectivity index (χ2v) is 4.97. The predicted molar refractivity (Wildman–Crippen MR) is 79.2 cm³/mol. The van der Waals surface area contributed by atoms with E-state index in [0.717, 1.165) is 16.8 Å². The fourth-order valence-electron chi connectivity index (χ4n) is 2.15. The molecule has 0 N–H and O–H groups in total. The molecule has 1 heterocycles. The van der Waals surface area contributed by atoms with E-state index in [2.05, 4.69) is 4.98 Å². The van der Waals surface area contributed by atoms with Crippen LogP contribution in [0.15, 0.2) is 36.7 Å². The van der Waals surface area contributed by atoms with Gasteiger partial charge in [-0.05, 0) is 24.1 Å². The normalized spacial score (nSPS) is 10.3. The first kappa shape index (κ1) is 14.3. The molecule has 0 amide bonds. The van der Waals surface area contributed by atoms with Gasteiger partial charge in [-0.2, -0.15) is 0 Å². The lowest BCUT2D eigenvalue weighted by Crippen LogP contribution is -2.18. The zero-order valence-corrected chi connectivity index (χ0v) is 12.0. The van der Waals surface area contributed by atoms with E-state index in [-0.39, 0.29) is 5.69 Å². The maximum absolute atomic E-state index is 10.8. The number of hydrogen-bond donors (Lipinski definition) is 0. The number of pyridine rings is 1. The van der Waals surface area contributed by atoms with E-state index in [1.807, 2.05) is 31.0 Å². The minimum atomic E-state index is -0.441. The molecule has 0 bridgehead atoms. The highest BCUT2D eigenvalue weighted by Crippen LogP contribution is 2.33. The molecule has 0 saturated heterocycles. The quantitative estimate of drug-likeness (QED) is 0.638. The standard InChI is InChI=1S/C14H14ClN3O2/c1-10-6-12(18(19)20)7-13(15)14(10)17(2)9-11-4-3-5-16-8-11/h3-8H,9H2,1-2H3. The van der Waals surface area contributed by atoms with Gasteiger partial charge in [0.1, 0.15) is 0 Å². The van der Waals surface area contributed by atoms with Gasteiger partial charge in [-0.1, -0.05) is 17.7 Å². The van der Waals surface area contributed by atoms with E-state index in [0.29, 0.717) is 11.6 Å². The van der Waals surface area contributed by atoms with Crippen LogP contribution in [0.25, 0.3) is 0 Å². The molecule has 0 aliphatic rings. The molecule has 0 fully saturated rings. The largest absolute Gasteiger partial charge is 0.369 e.